The first kappa shape index (κ1) is 18.7. The first-order chi connectivity index (χ1) is 12.2. The molecule has 0 unspecified atom stereocenters. The van der Waals surface area contributed by atoms with Gasteiger partial charge in [-0.2, -0.15) is 13.2 Å². The zero-order valence-corrected chi connectivity index (χ0v) is 15.7. The maximum atomic E-state index is 12.6. The van der Waals surface area contributed by atoms with Crippen LogP contribution in [0.4, 0.5) is 13.2 Å². The molecule has 3 nitrogen and oxygen atoms in total. The molecular weight excluding hydrogens is 381 g/mol. The van der Waals surface area contributed by atoms with Gasteiger partial charge in [0.1, 0.15) is 10.8 Å². The number of aryl methyl sites for hydroxylation is 2. The van der Waals surface area contributed by atoms with Crippen LogP contribution in [0.1, 0.15) is 26.8 Å². The molecule has 8 heteroatoms. The SMILES string of the molecule is Cc1nc(C)c(-c2csc(CC(=O)Cc3ccc(C(F)(F)F)cc3)n2)s1. The summed E-state index contributed by atoms with van der Waals surface area (Å²) in [7, 11) is 0. The van der Waals surface area contributed by atoms with Crippen molar-refractivity contribution in [2.45, 2.75) is 32.9 Å². The van der Waals surface area contributed by atoms with Gasteiger partial charge < -0.3 is 0 Å². The topological polar surface area (TPSA) is 42.9 Å². The van der Waals surface area contributed by atoms with Gasteiger partial charge in [-0.05, 0) is 31.5 Å². The normalized spacial score (nSPS) is 11.7. The fraction of sp³-hybridized carbons (Fsp3) is 0.278. The Morgan fingerprint density at radius 3 is 2.35 bits per heavy atom. The van der Waals surface area contributed by atoms with E-state index in [4.69, 9.17) is 0 Å². The van der Waals surface area contributed by atoms with E-state index >= 15 is 0 Å². The van der Waals surface area contributed by atoms with E-state index < -0.39 is 11.7 Å². The molecule has 0 atom stereocenters. The predicted octanol–water partition coefficient (Wildman–Crippen LogP) is 5.26. The second-order valence-electron chi connectivity index (χ2n) is 5.86. The first-order valence-electron chi connectivity index (χ1n) is 7.79. The molecule has 0 N–H and O–H groups in total. The molecule has 0 aliphatic heterocycles. The third-order valence-corrected chi connectivity index (χ3v) is 5.66. The molecule has 0 radical (unpaired) electrons. The lowest BCUT2D eigenvalue weighted by Crippen LogP contribution is -2.08. The number of rotatable bonds is 5. The van der Waals surface area contributed by atoms with E-state index in [1.165, 1.54) is 23.5 Å². The maximum Gasteiger partial charge on any atom is 0.416 e. The van der Waals surface area contributed by atoms with E-state index in [0.29, 0.717) is 10.6 Å². The Morgan fingerprint density at radius 1 is 1.08 bits per heavy atom. The number of aromatic nitrogens is 2. The van der Waals surface area contributed by atoms with Gasteiger partial charge in [0.15, 0.2) is 0 Å². The summed E-state index contributed by atoms with van der Waals surface area (Å²) in [6, 6.07) is 4.69. The molecule has 26 heavy (non-hydrogen) atoms. The van der Waals surface area contributed by atoms with Gasteiger partial charge in [0.2, 0.25) is 0 Å². The molecule has 0 fully saturated rings. The lowest BCUT2D eigenvalue weighted by Gasteiger charge is -2.07. The number of halogens is 3. The zero-order chi connectivity index (χ0) is 18.9. The monoisotopic (exact) mass is 396 g/mol. The average Bonchev–Trinajstić information content (AvgIpc) is 3.12. The molecule has 0 saturated carbocycles. The third-order valence-electron chi connectivity index (χ3n) is 3.72. The molecule has 0 spiro atoms. The average molecular weight is 396 g/mol. The molecule has 0 saturated heterocycles. The molecule has 0 aliphatic rings. The van der Waals surface area contributed by atoms with Gasteiger partial charge in [0.25, 0.3) is 0 Å². The van der Waals surface area contributed by atoms with Gasteiger partial charge in [-0.3, -0.25) is 4.79 Å². The van der Waals surface area contributed by atoms with Crippen LogP contribution in [-0.4, -0.2) is 15.8 Å². The summed E-state index contributed by atoms with van der Waals surface area (Å²) in [5.41, 5.74) is 1.58. The lowest BCUT2D eigenvalue weighted by molar-refractivity contribution is -0.137. The zero-order valence-electron chi connectivity index (χ0n) is 14.1. The van der Waals surface area contributed by atoms with E-state index in [0.717, 1.165) is 33.4 Å². The Bertz CT molecular complexity index is 927. The Balaban J connectivity index is 1.65. The number of thiazole rings is 2. The summed E-state index contributed by atoms with van der Waals surface area (Å²) in [6.45, 7) is 3.86. The maximum absolute atomic E-state index is 12.6. The number of nitrogens with zero attached hydrogens (tertiary/aromatic N) is 2. The highest BCUT2D eigenvalue weighted by Gasteiger charge is 2.30. The first-order valence-corrected chi connectivity index (χ1v) is 9.48. The number of benzene rings is 1. The largest absolute Gasteiger partial charge is 0.416 e. The van der Waals surface area contributed by atoms with Crippen molar-refractivity contribution in [2.24, 2.45) is 0 Å². The summed E-state index contributed by atoms with van der Waals surface area (Å²) < 4.78 is 37.7. The van der Waals surface area contributed by atoms with Crippen LogP contribution in [0.15, 0.2) is 29.6 Å². The highest BCUT2D eigenvalue weighted by molar-refractivity contribution is 7.16. The number of carbonyl (C=O) groups is 1. The van der Waals surface area contributed by atoms with Crippen LogP contribution in [0.3, 0.4) is 0 Å². The summed E-state index contributed by atoms with van der Waals surface area (Å²) in [5, 5.41) is 3.56. The van der Waals surface area contributed by atoms with Gasteiger partial charge in [0, 0.05) is 11.8 Å². The van der Waals surface area contributed by atoms with Crippen molar-refractivity contribution < 1.29 is 18.0 Å². The van der Waals surface area contributed by atoms with E-state index in [1.807, 2.05) is 19.2 Å². The van der Waals surface area contributed by atoms with Gasteiger partial charge in [-0.25, -0.2) is 9.97 Å². The molecule has 136 valence electrons. The van der Waals surface area contributed by atoms with Crippen LogP contribution in [0.5, 0.6) is 0 Å². The van der Waals surface area contributed by atoms with E-state index in [1.54, 1.807) is 11.3 Å². The minimum atomic E-state index is -4.37. The third kappa shape index (κ3) is 4.37. The molecule has 3 aromatic rings. The molecule has 0 aliphatic carbocycles. The van der Waals surface area contributed by atoms with Crippen molar-refractivity contribution in [1.29, 1.82) is 0 Å². The van der Waals surface area contributed by atoms with Gasteiger partial charge >= 0.3 is 6.18 Å². The van der Waals surface area contributed by atoms with Crippen LogP contribution in [0, 0.1) is 13.8 Å². The van der Waals surface area contributed by atoms with Crippen molar-refractivity contribution in [3.63, 3.8) is 0 Å². The fourth-order valence-corrected chi connectivity index (χ4v) is 4.30. The number of hydrogen-bond acceptors (Lipinski definition) is 5. The molecular formula is C18H15F3N2OS2. The number of hydrogen-bond donors (Lipinski definition) is 0. The predicted molar refractivity (Wildman–Crippen MR) is 96.6 cm³/mol. The number of carbonyl (C=O) groups excluding carboxylic acids is 1. The molecule has 3 rings (SSSR count). The summed E-state index contributed by atoms with van der Waals surface area (Å²) >= 11 is 2.97. The van der Waals surface area contributed by atoms with Crippen LogP contribution in [-0.2, 0) is 23.8 Å². The fourth-order valence-electron chi connectivity index (χ4n) is 2.54. The minimum Gasteiger partial charge on any atom is -0.299 e. The number of Topliss-reactive ketones (excluding diaryl/α,β-unsaturated/α-hetero) is 1. The van der Waals surface area contributed by atoms with Gasteiger partial charge in [-0.1, -0.05) is 12.1 Å². The Labute approximate surface area is 156 Å². The molecule has 2 aromatic heterocycles. The van der Waals surface area contributed by atoms with E-state index in [-0.39, 0.29) is 18.6 Å². The van der Waals surface area contributed by atoms with Gasteiger partial charge in [-0.15, -0.1) is 22.7 Å². The molecule has 0 amide bonds. The number of alkyl halides is 3. The highest BCUT2D eigenvalue weighted by atomic mass is 32.1. The van der Waals surface area contributed by atoms with Gasteiger partial charge in [0.05, 0.1) is 33.3 Å². The summed E-state index contributed by atoms with van der Waals surface area (Å²) in [5.74, 6) is -0.0807. The Hall–Kier alpha value is -2.06. The summed E-state index contributed by atoms with van der Waals surface area (Å²) in [4.78, 5) is 22.1. The highest BCUT2D eigenvalue weighted by Crippen LogP contribution is 2.31. The van der Waals surface area contributed by atoms with Crippen LogP contribution >= 0.6 is 22.7 Å². The second kappa shape index (κ2) is 7.28. The van der Waals surface area contributed by atoms with Crippen molar-refractivity contribution in [1.82, 2.24) is 9.97 Å². The Kier molecular flexibility index (Phi) is 5.24. The van der Waals surface area contributed by atoms with Crippen molar-refractivity contribution >= 4 is 28.5 Å². The smallest absolute Gasteiger partial charge is 0.299 e. The molecule has 2 heterocycles. The standard InChI is InChI=1S/C18H15F3N2OS2/c1-10-17(26-11(2)22-10)15-9-25-16(23-15)8-14(24)7-12-3-5-13(6-4-12)18(19,20)21/h3-6,9H,7-8H2,1-2H3. The van der Waals surface area contributed by atoms with E-state index in [9.17, 15) is 18.0 Å². The number of ketones is 1. The van der Waals surface area contributed by atoms with Crippen molar-refractivity contribution in [3.8, 4) is 10.6 Å². The van der Waals surface area contributed by atoms with E-state index in [2.05, 4.69) is 9.97 Å². The Morgan fingerprint density at radius 2 is 1.77 bits per heavy atom. The van der Waals surface area contributed by atoms with Crippen LogP contribution < -0.4 is 0 Å². The van der Waals surface area contributed by atoms with Crippen molar-refractivity contribution in [3.05, 3.63) is 56.5 Å². The van der Waals surface area contributed by atoms with Crippen LogP contribution in [0.2, 0.25) is 0 Å². The quantitative estimate of drug-likeness (QED) is 0.591. The van der Waals surface area contributed by atoms with Crippen LogP contribution in [0.25, 0.3) is 10.6 Å². The lowest BCUT2D eigenvalue weighted by atomic mass is 10.1. The molecule has 0 bridgehead atoms. The molecule has 1 aromatic carbocycles. The van der Waals surface area contributed by atoms with Crippen molar-refractivity contribution in [2.75, 3.05) is 0 Å². The summed E-state index contributed by atoms with van der Waals surface area (Å²) in [6.07, 6.45) is -4.11. The second-order valence-corrected chi connectivity index (χ2v) is 8.01. The minimum absolute atomic E-state index is 0.0807.